The largest absolute Gasteiger partial charge is 0.481 e. The number of anilines is 3. The van der Waals surface area contributed by atoms with E-state index in [2.05, 4.69) is 33.2 Å². The van der Waals surface area contributed by atoms with Crippen LogP contribution < -0.4 is 15.0 Å². The van der Waals surface area contributed by atoms with Crippen LogP contribution in [0.1, 0.15) is 51.5 Å². The fourth-order valence-electron chi connectivity index (χ4n) is 3.95. The number of carboxylic acid groups (broad SMARTS) is 1. The fourth-order valence-corrected chi connectivity index (χ4v) is 3.95. The molecule has 0 aliphatic carbocycles. The van der Waals surface area contributed by atoms with E-state index in [0.29, 0.717) is 18.7 Å². The molecular weight excluding hydrogens is 396 g/mol. The number of hydrogen-bond acceptors (Lipinski definition) is 7. The Kier molecular flexibility index (Phi) is 8.06. The van der Waals surface area contributed by atoms with E-state index in [4.69, 9.17) is 9.47 Å². The minimum Gasteiger partial charge on any atom is -0.481 e. The van der Waals surface area contributed by atoms with Gasteiger partial charge in [-0.1, -0.05) is 13.0 Å². The highest BCUT2D eigenvalue weighted by Crippen LogP contribution is 2.35. The topological polar surface area (TPSA) is 96.8 Å². The van der Waals surface area contributed by atoms with Gasteiger partial charge in [-0.3, -0.25) is 4.79 Å². The van der Waals surface area contributed by atoms with Gasteiger partial charge in [-0.2, -0.15) is 0 Å². The van der Waals surface area contributed by atoms with Crippen molar-refractivity contribution in [1.29, 1.82) is 0 Å². The summed E-state index contributed by atoms with van der Waals surface area (Å²) in [5.41, 5.74) is 3.71. The van der Waals surface area contributed by atoms with Crippen LogP contribution in [-0.4, -0.2) is 53.5 Å². The molecule has 1 aliphatic heterocycles. The van der Waals surface area contributed by atoms with Gasteiger partial charge in [0, 0.05) is 25.8 Å². The monoisotopic (exact) mass is 428 g/mol. The molecule has 2 N–H and O–H groups in total. The molecule has 2 heterocycles. The van der Waals surface area contributed by atoms with E-state index in [1.165, 1.54) is 0 Å². The summed E-state index contributed by atoms with van der Waals surface area (Å²) in [6, 6.07) is 6.91. The summed E-state index contributed by atoms with van der Waals surface area (Å²) < 4.78 is 10.9. The maximum absolute atomic E-state index is 11.2. The molecule has 8 heteroatoms. The number of aromatic nitrogens is 2. The molecule has 1 aromatic carbocycles. The number of nitrogens with zero attached hydrogens (tertiary/aromatic N) is 3. The average molecular weight is 429 g/mol. The molecule has 0 radical (unpaired) electrons. The summed E-state index contributed by atoms with van der Waals surface area (Å²) in [5.74, 6) is -0.898. The molecule has 1 fully saturated rings. The van der Waals surface area contributed by atoms with Gasteiger partial charge in [-0.25, -0.2) is 9.97 Å². The normalized spacial score (nSPS) is 15.3. The van der Waals surface area contributed by atoms with Gasteiger partial charge >= 0.3 is 12.0 Å². The lowest BCUT2D eigenvalue weighted by Crippen LogP contribution is -2.39. The maximum atomic E-state index is 11.2. The van der Waals surface area contributed by atoms with Gasteiger partial charge in [0.2, 0.25) is 0 Å². The summed E-state index contributed by atoms with van der Waals surface area (Å²) in [6.45, 7) is 8.89. The number of carbonyl (C=O) groups is 1. The van der Waals surface area contributed by atoms with Crippen LogP contribution in [-0.2, 0) is 9.53 Å². The van der Waals surface area contributed by atoms with Gasteiger partial charge < -0.3 is 24.8 Å². The minimum absolute atomic E-state index is 0.0857. The van der Waals surface area contributed by atoms with E-state index >= 15 is 0 Å². The fraction of sp³-hybridized carbons (Fsp3) is 0.522. The molecule has 0 unspecified atom stereocenters. The molecule has 31 heavy (non-hydrogen) atoms. The van der Waals surface area contributed by atoms with Crippen LogP contribution in [0.3, 0.4) is 0 Å². The molecule has 1 aromatic heterocycles. The molecule has 168 valence electrons. The van der Waals surface area contributed by atoms with Crippen LogP contribution in [0.4, 0.5) is 17.1 Å². The van der Waals surface area contributed by atoms with Crippen molar-refractivity contribution >= 4 is 23.0 Å². The predicted octanol–water partition coefficient (Wildman–Crippen LogP) is 4.20. The number of carboxylic acids is 1. The molecule has 8 nitrogen and oxygen atoms in total. The lowest BCUT2D eigenvalue weighted by Gasteiger charge is -2.36. The van der Waals surface area contributed by atoms with Crippen LogP contribution >= 0.6 is 0 Å². The minimum atomic E-state index is -0.802. The maximum Gasteiger partial charge on any atom is 0.316 e. The second-order valence-corrected chi connectivity index (χ2v) is 7.72. The Morgan fingerprint density at radius 3 is 2.61 bits per heavy atom. The van der Waals surface area contributed by atoms with E-state index in [1.54, 1.807) is 12.4 Å². The lowest BCUT2D eigenvalue weighted by molar-refractivity contribution is -0.137. The standard InChI is InChI=1S/C23H32N4O4/c1-4-27(19-8-10-30-11-9-19)21-7-6-17(16(3)12-22(28)29)13-20(21)26-18-14-24-23(25-15-18)31-5-2/h6-7,13-16,19,26H,4-5,8-12H2,1-3H3,(H,28,29)/t16-/m0/s1. The molecule has 1 aliphatic rings. The Balaban J connectivity index is 1.93. The Hall–Kier alpha value is -2.87. The van der Waals surface area contributed by atoms with Crippen LogP contribution in [0.5, 0.6) is 6.01 Å². The zero-order valence-corrected chi connectivity index (χ0v) is 18.5. The summed E-state index contributed by atoms with van der Waals surface area (Å²) in [7, 11) is 0. The molecule has 0 bridgehead atoms. The highest BCUT2D eigenvalue weighted by molar-refractivity contribution is 5.76. The van der Waals surface area contributed by atoms with E-state index < -0.39 is 5.97 Å². The smallest absolute Gasteiger partial charge is 0.316 e. The van der Waals surface area contributed by atoms with Crippen LogP contribution in [0.25, 0.3) is 0 Å². The summed E-state index contributed by atoms with van der Waals surface area (Å²) >= 11 is 0. The van der Waals surface area contributed by atoms with Crippen LogP contribution in [0.2, 0.25) is 0 Å². The average Bonchev–Trinajstić information content (AvgIpc) is 2.77. The van der Waals surface area contributed by atoms with Gasteiger partial charge in [0.05, 0.1) is 42.5 Å². The predicted molar refractivity (Wildman–Crippen MR) is 120 cm³/mol. The van der Waals surface area contributed by atoms with E-state index in [9.17, 15) is 9.90 Å². The van der Waals surface area contributed by atoms with Crippen LogP contribution in [0.15, 0.2) is 30.6 Å². The third-order valence-electron chi connectivity index (χ3n) is 5.53. The quantitative estimate of drug-likeness (QED) is 0.581. The zero-order valence-electron chi connectivity index (χ0n) is 18.5. The van der Waals surface area contributed by atoms with Crippen molar-refractivity contribution in [2.24, 2.45) is 0 Å². The Morgan fingerprint density at radius 2 is 2.00 bits per heavy atom. The van der Waals surface area contributed by atoms with Gasteiger partial charge in [-0.15, -0.1) is 0 Å². The first-order chi connectivity index (χ1) is 15.0. The summed E-state index contributed by atoms with van der Waals surface area (Å²) in [6.07, 6.45) is 5.44. The van der Waals surface area contributed by atoms with Crippen molar-refractivity contribution in [2.45, 2.75) is 52.0 Å². The number of hydrogen-bond donors (Lipinski definition) is 2. The van der Waals surface area contributed by atoms with E-state index in [-0.39, 0.29) is 12.3 Å². The Morgan fingerprint density at radius 1 is 1.29 bits per heavy atom. The molecule has 0 saturated carbocycles. The molecule has 0 amide bonds. The lowest BCUT2D eigenvalue weighted by atomic mass is 9.96. The third-order valence-corrected chi connectivity index (χ3v) is 5.53. The highest BCUT2D eigenvalue weighted by Gasteiger charge is 2.23. The Labute approximate surface area is 183 Å². The van der Waals surface area contributed by atoms with Gasteiger partial charge in [0.15, 0.2) is 0 Å². The number of ether oxygens (including phenoxy) is 2. The first-order valence-corrected chi connectivity index (χ1v) is 10.9. The first kappa shape index (κ1) is 22.8. The third kappa shape index (κ3) is 6.07. The molecule has 3 rings (SSSR count). The van der Waals surface area contributed by atoms with E-state index in [1.807, 2.05) is 26.0 Å². The van der Waals surface area contributed by atoms with Gasteiger partial charge in [0.1, 0.15) is 0 Å². The Bertz CT molecular complexity index is 853. The number of rotatable bonds is 10. The molecule has 1 saturated heterocycles. The van der Waals surface area contributed by atoms with Crippen molar-refractivity contribution in [2.75, 3.05) is 36.6 Å². The number of benzene rings is 1. The zero-order chi connectivity index (χ0) is 22.2. The first-order valence-electron chi connectivity index (χ1n) is 10.9. The molecular formula is C23H32N4O4. The SMILES string of the molecule is CCOc1ncc(Nc2cc([C@@H](C)CC(=O)O)ccc2N(CC)C2CCOCC2)cn1. The van der Waals surface area contributed by atoms with Crippen molar-refractivity contribution in [1.82, 2.24) is 9.97 Å². The van der Waals surface area contributed by atoms with Crippen molar-refractivity contribution in [3.05, 3.63) is 36.2 Å². The number of nitrogens with one attached hydrogen (secondary N) is 1. The highest BCUT2D eigenvalue weighted by atomic mass is 16.5. The summed E-state index contributed by atoms with van der Waals surface area (Å²) in [5, 5.41) is 12.6. The van der Waals surface area contributed by atoms with Gasteiger partial charge in [0.25, 0.3) is 0 Å². The second kappa shape index (κ2) is 10.9. The number of aliphatic carboxylic acids is 1. The summed E-state index contributed by atoms with van der Waals surface area (Å²) in [4.78, 5) is 22.1. The van der Waals surface area contributed by atoms with E-state index in [0.717, 1.165) is 55.2 Å². The molecule has 2 aromatic rings. The van der Waals surface area contributed by atoms with Crippen molar-refractivity contribution in [3.8, 4) is 6.01 Å². The van der Waals surface area contributed by atoms with Crippen LogP contribution in [0, 0.1) is 0 Å². The molecule has 1 atom stereocenters. The second-order valence-electron chi connectivity index (χ2n) is 7.72. The molecule has 0 spiro atoms. The van der Waals surface area contributed by atoms with Crippen molar-refractivity contribution in [3.63, 3.8) is 0 Å². The van der Waals surface area contributed by atoms with Gasteiger partial charge in [-0.05, 0) is 50.3 Å². The van der Waals surface area contributed by atoms with Crippen molar-refractivity contribution < 1.29 is 19.4 Å².